The molecular weight excluding hydrogens is 392 g/mol. The Kier molecular flexibility index (Phi) is 7.64. The zero-order valence-electron chi connectivity index (χ0n) is 17.0. The molecule has 0 aromatic heterocycles. The van der Waals surface area contributed by atoms with Crippen LogP contribution in [0, 0.1) is 11.8 Å². The van der Waals surface area contributed by atoms with Crippen molar-refractivity contribution in [2.75, 3.05) is 0 Å². The maximum absolute atomic E-state index is 10.5. The maximum atomic E-state index is 10.5. The standard InChI is InChI=1S/C22H30O8/c1-11(23)3-4-15(5-13-7-17(25)21(29)18(26)8-13)16(12(2)24)6-14-9-19(27)22(30)20(28)10-14/h7-12,15-16,23-30H,3-6H2,1-2H3/t11-,12-,15+,16-/m0/s1. The predicted octanol–water partition coefficient (Wildman–Crippen LogP) is 2.48. The Morgan fingerprint density at radius 3 is 1.40 bits per heavy atom. The molecule has 0 aliphatic carbocycles. The minimum atomic E-state index is -0.790. The van der Waals surface area contributed by atoms with Crippen molar-refractivity contribution in [3.63, 3.8) is 0 Å². The Morgan fingerprint density at radius 2 is 1.03 bits per heavy atom. The van der Waals surface area contributed by atoms with E-state index in [1.54, 1.807) is 13.8 Å². The summed E-state index contributed by atoms with van der Waals surface area (Å²) < 4.78 is 0. The van der Waals surface area contributed by atoms with Crippen LogP contribution in [-0.2, 0) is 12.8 Å². The number of phenols is 6. The normalized spacial score (nSPS) is 15.5. The first-order chi connectivity index (χ1) is 14.0. The molecule has 30 heavy (non-hydrogen) atoms. The molecule has 8 heteroatoms. The molecule has 0 aliphatic rings. The minimum Gasteiger partial charge on any atom is -0.504 e. The molecule has 8 N–H and O–H groups in total. The maximum Gasteiger partial charge on any atom is 0.200 e. The molecule has 2 aromatic carbocycles. The Morgan fingerprint density at radius 1 is 0.633 bits per heavy atom. The van der Waals surface area contributed by atoms with Crippen LogP contribution in [0.4, 0.5) is 0 Å². The van der Waals surface area contributed by atoms with Gasteiger partial charge < -0.3 is 40.9 Å². The van der Waals surface area contributed by atoms with Crippen molar-refractivity contribution in [1.82, 2.24) is 0 Å². The lowest BCUT2D eigenvalue weighted by Crippen LogP contribution is -2.30. The van der Waals surface area contributed by atoms with Gasteiger partial charge in [-0.25, -0.2) is 0 Å². The molecule has 0 fully saturated rings. The fourth-order valence-corrected chi connectivity index (χ4v) is 3.79. The molecule has 8 nitrogen and oxygen atoms in total. The van der Waals surface area contributed by atoms with Crippen molar-refractivity contribution in [2.45, 2.75) is 51.7 Å². The van der Waals surface area contributed by atoms with E-state index in [-0.39, 0.29) is 18.3 Å². The molecule has 0 spiro atoms. The van der Waals surface area contributed by atoms with Gasteiger partial charge in [0, 0.05) is 0 Å². The van der Waals surface area contributed by atoms with Crippen molar-refractivity contribution in [1.29, 1.82) is 0 Å². The molecule has 0 amide bonds. The third kappa shape index (κ3) is 5.84. The van der Waals surface area contributed by atoms with Crippen LogP contribution < -0.4 is 0 Å². The quantitative estimate of drug-likeness (QED) is 0.286. The van der Waals surface area contributed by atoms with Crippen molar-refractivity contribution in [3.05, 3.63) is 35.4 Å². The monoisotopic (exact) mass is 422 g/mol. The van der Waals surface area contributed by atoms with Gasteiger partial charge in [0.2, 0.25) is 0 Å². The molecule has 0 saturated carbocycles. The van der Waals surface area contributed by atoms with E-state index >= 15 is 0 Å². The fraction of sp³-hybridized carbons (Fsp3) is 0.455. The van der Waals surface area contributed by atoms with Gasteiger partial charge in [-0.3, -0.25) is 0 Å². The molecule has 0 radical (unpaired) electrons. The summed E-state index contributed by atoms with van der Waals surface area (Å²) in [5, 5.41) is 78.5. The predicted molar refractivity (Wildman–Crippen MR) is 110 cm³/mol. The van der Waals surface area contributed by atoms with E-state index < -0.39 is 46.7 Å². The van der Waals surface area contributed by atoms with Gasteiger partial charge in [0.1, 0.15) is 0 Å². The van der Waals surface area contributed by atoms with Crippen molar-refractivity contribution < 1.29 is 40.9 Å². The van der Waals surface area contributed by atoms with Crippen LogP contribution in [0.5, 0.6) is 34.5 Å². The summed E-state index contributed by atoms with van der Waals surface area (Å²) in [6.45, 7) is 3.27. The van der Waals surface area contributed by atoms with Crippen LogP contribution in [0.1, 0.15) is 37.8 Å². The van der Waals surface area contributed by atoms with Gasteiger partial charge in [-0.15, -0.1) is 0 Å². The first-order valence-corrected chi connectivity index (χ1v) is 9.83. The summed E-state index contributed by atoms with van der Waals surface area (Å²) in [6.07, 6.45) is 0.216. The second-order valence-electron chi connectivity index (χ2n) is 7.96. The second kappa shape index (κ2) is 9.77. The lowest BCUT2D eigenvalue weighted by Gasteiger charge is -2.30. The Bertz CT molecular complexity index is 816. The lowest BCUT2D eigenvalue weighted by atomic mass is 9.77. The van der Waals surface area contributed by atoms with Crippen LogP contribution in [0.2, 0.25) is 0 Å². The molecular formula is C22H30O8. The third-order valence-corrected chi connectivity index (χ3v) is 5.41. The van der Waals surface area contributed by atoms with Crippen molar-refractivity contribution in [3.8, 4) is 34.5 Å². The molecule has 4 atom stereocenters. The average Bonchev–Trinajstić information content (AvgIpc) is 2.65. The smallest absolute Gasteiger partial charge is 0.200 e. The van der Waals surface area contributed by atoms with E-state index in [2.05, 4.69) is 0 Å². The highest BCUT2D eigenvalue weighted by molar-refractivity contribution is 5.52. The first kappa shape index (κ1) is 23.4. The fourth-order valence-electron chi connectivity index (χ4n) is 3.79. The van der Waals surface area contributed by atoms with Crippen LogP contribution in [0.15, 0.2) is 24.3 Å². The van der Waals surface area contributed by atoms with Crippen LogP contribution >= 0.6 is 0 Å². The van der Waals surface area contributed by atoms with Gasteiger partial charge in [-0.1, -0.05) is 0 Å². The van der Waals surface area contributed by atoms with Gasteiger partial charge in [0.05, 0.1) is 12.2 Å². The SMILES string of the molecule is C[C@H](O)CC[C@H](Cc1cc(O)c(O)c(O)c1)[C@@H](Cc1cc(O)c(O)c(O)c1)[C@H](C)O. The Hall–Kier alpha value is -2.84. The molecule has 0 aliphatic heterocycles. The van der Waals surface area contributed by atoms with E-state index in [9.17, 15) is 40.9 Å². The van der Waals surface area contributed by atoms with Crippen molar-refractivity contribution >= 4 is 0 Å². The number of aliphatic hydroxyl groups excluding tert-OH is 2. The summed E-state index contributed by atoms with van der Waals surface area (Å²) in [5.41, 5.74) is 1.05. The zero-order valence-corrected chi connectivity index (χ0v) is 17.0. The number of hydrogen-bond donors (Lipinski definition) is 8. The molecule has 0 bridgehead atoms. The van der Waals surface area contributed by atoms with Gasteiger partial charge in [0.25, 0.3) is 0 Å². The zero-order chi connectivity index (χ0) is 22.6. The highest BCUT2D eigenvalue weighted by Gasteiger charge is 2.28. The van der Waals surface area contributed by atoms with Gasteiger partial charge >= 0.3 is 0 Å². The first-order valence-electron chi connectivity index (χ1n) is 9.83. The van der Waals surface area contributed by atoms with Gasteiger partial charge in [0.15, 0.2) is 34.5 Å². The van der Waals surface area contributed by atoms with Gasteiger partial charge in [-0.05, 0) is 86.8 Å². The molecule has 2 aromatic rings. The molecule has 0 saturated heterocycles. The molecule has 2 rings (SSSR count). The van der Waals surface area contributed by atoms with Gasteiger partial charge in [-0.2, -0.15) is 0 Å². The number of benzene rings is 2. The Balaban J connectivity index is 2.35. The topological polar surface area (TPSA) is 162 Å². The minimum absolute atomic E-state index is 0.207. The van der Waals surface area contributed by atoms with Crippen LogP contribution in [0.3, 0.4) is 0 Å². The number of rotatable bonds is 9. The lowest BCUT2D eigenvalue weighted by molar-refractivity contribution is 0.0751. The third-order valence-electron chi connectivity index (χ3n) is 5.41. The number of phenolic OH excluding ortho intramolecular Hbond substituents is 6. The largest absolute Gasteiger partial charge is 0.504 e. The van der Waals surface area contributed by atoms with E-state index in [0.29, 0.717) is 30.4 Å². The Labute approximate surface area is 174 Å². The van der Waals surface area contributed by atoms with E-state index in [0.717, 1.165) is 0 Å². The van der Waals surface area contributed by atoms with E-state index in [4.69, 9.17) is 0 Å². The summed E-state index contributed by atoms with van der Waals surface area (Å²) in [7, 11) is 0. The van der Waals surface area contributed by atoms with Crippen LogP contribution in [-0.4, -0.2) is 53.1 Å². The van der Waals surface area contributed by atoms with Crippen LogP contribution in [0.25, 0.3) is 0 Å². The average molecular weight is 422 g/mol. The number of aromatic hydroxyl groups is 6. The molecule has 0 heterocycles. The highest BCUT2D eigenvalue weighted by atomic mass is 16.3. The second-order valence-corrected chi connectivity index (χ2v) is 7.96. The molecule has 0 unspecified atom stereocenters. The summed E-state index contributed by atoms with van der Waals surface area (Å²) in [5.74, 6) is -3.66. The number of aliphatic hydroxyl groups is 2. The number of hydrogen-bond acceptors (Lipinski definition) is 8. The molecule has 166 valence electrons. The summed E-state index contributed by atoms with van der Waals surface area (Å²) >= 11 is 0. The summed E-state index contributed by atoms with van der Waals surface area (Å²) in [4.78, 5) is 0. The van der Waals surface area contributed by atoms with Crippen molar-refractivity contribution in [2.24, 2.45) is 11.8 Å². The van der Waals surface area contributed by atoms with E-state index in [1.807, 2.05) is 0 Å². The summed E-state index contributed by atoms with van der Waals surface area (Å²) in [6, 6.07) is 5.30. The highest BCUT2D eigenvalue weighted by Crippen LogP contribution is 2.39. The van der Waals surface area contributed by atoms with E-state index in [1.165, 1.54) is 24.3 Å².